The van der Waals surface area contributed by atoms with Gasteiger partial charge in [0.25, 0.3) is 0 Å². The van der Waals surface area contributed by atoms with Gasteiger partial charge in [-0.1, -0.05) is 20.8 Å². The van der Waals surface area contributed by atoms with Crippen LogP contribution in [0.4, 0.5) is 0 Å². The molecule has 0 bridgehead atoms. The second-order valence-corrected chi connectivity index (χ2v) is 3.63. The van der Waals surface area contributed by atoms with E-state index in [0.29, 0.717) is 5.92 Å². The highest BCUT2D eigenvalue weighted by molar-refractivity contribution is 6.27. The number of alkyl halides is 1. The Morgan fingerprint density at radius 1 is 1.50 bits per heavy atom. The first-order valence-electron chi connectivity index (χ1n) is 4.45. The highest BCUT2D eigenvalue weighted by atomic mass is 35.5. The monoisotopic (exact) mass is 191 g/mol. The second-order valence-electron chi connectivity index (χ2n) is 3.37. The van der Waals surface area contributed by atoms with Gasteiger partial charge in [0, 0.05) is 13.1 Å². The first kappa shape index (κ1) is 11.8. The van der Waals surface area contributed by atoms with E-state index in [4.69, 9.17) is 11.6 Å². The topological polar surface area (TPSA) is 20.3 Å². The summed E-state index contributed by atoms with van der Waals surface area (Å²) in [6.45, 7) is 7.91. The van der Waals surface area contributed by atoms with Gasteiger partial charge >= 0.3 is 0 Å². The fraction of sp³-hybridized carbons (Fsp3) is 0.889. The zero-order valence-electron chi connectivity index (χ0n) is 8.14. The van der Waals surface area contributed by atoms with Crippen molar-refractivity contribution in [1.29, 1.82) is 0 Å². The number of rotatable bonds is 5. The molecular weight excluding hydrogens is 174 g/mol. The van der Waals surface area contributed by atoms with E-state index < -0.39 is 0 Å². The molecule has 0 N–H and O–H groups in total. The maximum absolute atomic E-state index is 11.2. The predicted octanol–water partition coefficient (Wildman–Crippen LogP) is 2.12. The normalized spacial score (nSPS) is 10.4. The van der Waals surface area contributed by atoms with E-state index in [9.17, 15) is 4.79 Å². The Bertz CT molecular complexity index is 136. The lowest BCUT2D eigenvalue weighted by molar-refractivity contribution is -0.129. The summed E-state index contributed by atoms with van der Waals surface area (Å²) in [5.41, 5.74) is 0. The standard InChI is InChI=1S/C9H18ClNO/c1-4-5-11(7-8(2)3)9(12)6-10/h8H,4-7H2,1-3H3. The van der Waals surface area contributed by atoms with Crippen molar-refractivity contribution < 1.29 is 4.79 Å². The Labute approximate surface area is 79.9 Å². The number of nitrogens with zero attached hydrogens (tertiary/aromatic N) is 1. The van der Waals surface area contributed by atoms with Gasteiger partial charge in [0.05, 0.1) is 0 Å². The molecule has 0 saturated heterocycles. The van der Waals surface area contributed by atoms with Crippen molar-refractivity contribution in [1.82, 2.24) is 4.90 Å². The van der Waals surface area contributed by atoms with E-state index in [1.54, 1.807) is 0 Å². The Hall–Kier alpha value is -0.240. The van der Waals surface area contributed by atoms with Crippen molar-refractivity contribution in [2.45, 2.75) is 27.2 Å². The van der Waals surface area contributed by atoms with Crippen molar-refractivity contribution in [3.63, 3.8) is 0 Å². The average molecular weight is 192 g/mol. The van der Waals surface area contributed by atoms with Gasteiger partial charge in [-0.05, 0) is 12.3 Å². The lowest BCUT2D eigenvalue weighted by Gasteiger charge is -2.22. The van der Waals surface area contributed by atoms with E-state index >= 15 is 0 Å². The summed E-state index contributed by atoms with van der Waals surface area (Å²) in [4.78, 5) is 13.1. The summed E-state index contributed by atoms with van der Waals surface area (Å²) in [6.07, 6.45) is 0.995. The van der Waals surface area contributed by atoms with Crippen molar-refractivity contribution >= 4 is 17.5 Å². The van der Waals surface area contributed by atoms with E-state index in [2.05, 4.69) is 20.8 Å². The zero-order chi connectivity index (χ0) is 9.56. The summed E-state index contributed by atoms with van der Waals surface area (Å²) in [5, 5.41) is 0. The van der Waals surface area contributed by atoms with Gasteiger partial charge in [-0.15, -0.1) is 11.6 Å². The van der Waals surface area contributed by atoms with Crippen molar-refractivity contribution in [2.75, 3.05) is 19.0 Å². The van der Waals surface area contributed by atoms with Crippen LogP contribution in [0.2, 0.25) is 0 Å². The van der Waals surface area contributed by atoms with Crippen molar-refractivity contribution in [3.8, 4) is 0 Å². The number of carbonyl (C=O) groups excluding carboxylic acids is 1. The smallest absolute Gasteiger partial charge is 0.237 e. The number of hydrogen-bond acceptors (Lipinski definition) is 1. The number of carbonyl (C=O) groups is 1. The fourth-order valence-electron chi connectivity index (χ4n) is 1.11. The van der Waals surface area contributed by atoms with Gasteiger partial charge in [-0.2, -0.15) is 0 Å². The molecule has 0 aromatic carbocycles. The molecule has 72 valence electrons. The third-order valence-corrected chi connectivity index (χ3v) is 1.77. The third-order valence-electron chi connectivity index (χ3n) is 1.55. The Morgan fingerprint density at radius 3 is 2.42 bits per heavy atom. The number of halogens is 1. The van der Waals surface area contributed by atoms with Gasteiger partial charge in [0.15, 0.2) is 0 Å². The van der Waals surface area contributed by atoms with Crippen LogP contribution in [-0.4, -0.2) is 29.8 Å². The maximum Gasteiger partial charge on any atom is 0.237 e. The molecule has 0 aliphatic carbocycles. The highest BCUT2D eigenvalue weighted by Gasteiger charge is 2.11. The summed E-state index contributed by atoms with van der Waals surface area (Å²) in [7, 11) is 0. The van der Waals surface area contributed by atoms with Crippen LogP contribution < -0.4 is 0 Å². The third kappa shape index (κ3) is 4.60. The molecule has 0 spiro atoms. The summed E-state index contributed by atoms with van der Waals surface area (Å²) in [6, 6.07) is 0. The highest BCUT2D eigenvalue weighted by Crippen LogP contribution is 2.01. The number of amides is 1. The predicted molar refractivity (Wildman–Crippen MR) is 52.4 cm³/mol. The van der Waals surface area contributed by atoms with Gasteiger partial charge in [0.2, 0.25) is 5.91 Å². The van der Waals surface area contributed by atoms with Gasteiger partial charge in [-0.25, -0.2) is 0 Å². The fourth-order valence-corrected chi connectivity index (χ4v) is 1.28. The van der Waals surface area contributed by atoms with E-state index in [1.165, 1.54) is 0 Å². The molecule has 2 nitrogen and oxygen atoms in total. The lowest BCUT2D eigenvalue weighted by Crippen LogP contribution is -2.35. The zero-order valence-corrected chi connectivity index (χ0v) is 8.90. The molecule has 0 unspecified atom stereocenters. The van der Waals surface area contributed by atoms with Crippen LogP contribution in [-0.2, 0) is 4.79 Å². The average Bonchev–Trinajstić information content (AvgIpc) is 2.01. The molecule has 0 aromatic heterocycles. The molecule has 0 atom stereocenters. The van der Waals surface area contributed by atoms with Crippen LogP contribution in [0.3, 0.4) is 0 Å². The van der Waals surface area contributed by atoms with E-state index in [0.717, 1.165) is 19.5 Å². The van der Waals surface area contributed by atoms with Crippen molar-refractivity contribution in [3.05, 3.63) is 0 Å². The molecule has 0 aromatic rings. The van der Waals surface area contributed by atoms with Crippen LogP contribution in [0, 0.1) is 5.92 Å². The van der Waals surface area contributed by atoms with Crippen LogP contribution in [0.15, 0.2) is 0 Å². The van der Waals surface area contributed by atoms with Crippen LogP contribution in [0.5, 0.6) is 0 Å². The molecule has 0 saturated carbocycles. The Kier molecular flexibility index (Phi) is 6.17. The van der Waals surface area contributed by atoms with Gasteiger partial charge in [0.1, 0.15) is 5.88 Å². The molecule has 3 heteroatoms. The van der Waals surface area contributed by atoms with Crippen LogP contribution >= 0.6 is 11.6 Å². The van der Waals surface area contributed by atoms with E-state index in [-0.39, 0.29) is 11.8 Å². The first-order valence-corrected chi connectivity index (χ1v) is 4.99. The molecule has 0 radical (unpaired) electrons. The molecular formula is C9H18ClNO. The van der Waals surface area contributed by atoms with Crippen LogP contribution in [0.1, 0.15) is 27.2 Å². The van der Waals surface area contributed by atoms with Crippen molar-refractivity contribution in [2.24, 2.45) is 5.92 Å². The van der Waals surface area contributed by atoms with Gasteiger partial charge in [-0.3, -0.25) is 4.79 Å². The number of hydrogen-bond donors (Lipinski definition) is 0. The molecule has 0 heterocycles. The lowest BCUT2D eigenvalue weighted by atomic mass is 10.2. The quantitative estimate of drug-likeness (QED) is 0.610. The Morgan fingerprint density at radius 2 is 2.08 bits per heavy atom. The second kappa shape index (κ2) is 6.30. The van der Waals surface area contributed by atoms with E-state index in [1.807, 2.05) is 4.90 Å². The molecule has 0 aliphatic rings. The molecule has 0 aliphatic heterocycles. The first-order chi connectivity index (χ1) is 5.61. The summed E-state index contributed by atoms with van der Waals surface area (Å²) >= 11 is 5.47. The Balaban J connectivity index is 3.94. The minimum Gasteiger partial charge on any atom is -0.341 e. The van der Waals surface area contributed by atoms with Crippen LogP contribution in [0.25, 0.3) is 0 Å². The molecule has 12 heavy (non-hydrogen) atoms. The minimum absolute atomic E-state index is 0.0483. The maximum atomic E-state index is 11.2. The summed E-state index contributed by atoms with van der Waals surface area (Å²) < 4.78 is 0. The molecule has 0 rings (SSSR count). The SMILES string of the molecule is CCCN(CC(C)C)C(=O)CCl. The van der Waals surface area contributed by atoms with Gasteiger partial charge < -0.3 is 4.90 Å². The molecule has 0 fully saturated rings. The molecule has 1 amide bonds. The largest absolute Gasteiger partial charge is 0.341 e. The minimum atomic E-state index is 0.0483. The summed E-state index contributed by atoms with van der Waals surface area (Å²) in [5.74, 6) is 0.670.